The smallest absolute Gasteiger partial charge is 0.123 e. The molecular formula is C19H22BrClN2O. The van der Waals surface area contributed by atoms with Gasteiger partial charge in [0.1, 0.15) is 12.4 Å². The summed E-state index contributed by atoms with van der Waals surface area (Å²) in [5, 5.41) is 7.55. The first-order valence-electron chi connectivity index (χ1n) is 8.28. The van der Waals surface area contributed by atoms with Gasteiger partial charge in [-0.2, -0.15) is 0 Å². The lowest BCUT2D eigenvalue weighted by molar-refractivity contribution is 0.301. The summed E-state index contributed by atoms with van der Waals surface area (Å²) in [5.74, 6) is 1.74. The molecule has 1 aliphatic rings. The lowest BCUT2D eigenvalue weighted by Crippen LogP contribution is -2.47. The topological polar surface area (TPSA) is 33.3 Å². The maximum atomic E-state index is 6.04. The fraction of sp³-hybridized carbons (Fsp3) is 0.368. The van der Waals surface area contributed by atoms with E-state index in [-0.39, 0.29) is 0 Å². The van der Waals surface area contributed by atoms with Crippen LogP contribution in [0.25, 0.3) is 0 Å². The van der Waals surface area contributed by atoms with Crippen LogP contribution in [0, 0.1) is 5.92 Å². The second-order valence-electron chi connectivity index (χ2n) is 6.11. The zero-order valence-corrected chi connectivity index (χ0v) is 15.9. The van der Waals surface area contributed by atoms with E-state index in [9.17, 15) is 0 Å². The number of benzene rings is 2. The summed E-state index contributed by atoms with van der Waals surface area (Å²) in [6.07, 6.45) is 0.970. The summed E-state index contributed by atoms with van der Waals surface area (Å²) in [4.78, 5) is 0. The van der Waals surface area contributed by atoms with Gasteiger partial charge >= 0.3 is 0 Å². The lowest BCUT2D eigenvalue weighted by Gasteiger charge is -2.27. The van der Waals surface area contributed by atoms with Crippen LogP contribution in [0.5, 0.6) is 5.75 Å². The van der Waals surface area contributed by atoms with Gasteiger partial charge in [0.25, 0.3) is 0 Å². The number of rotatable bonds is 8. The minimum Gasteiger partial charge on any atom is -0.489 e. The second-order valence-corrected chi connectivity index (χ2v) is 7.40. The van der Waals surface area contributed by atoms with Gasteiger partial charge in [0.2, 0.25) is 0 Å². The number of hydrogen-bond donors (Lipinski definition) is 2. The van der Waals surface area contributed by atoms with Gasteiger partial charge in [0.15, 0.2) is 0 Å². The number of hydrogen-bond acceptors (Lipinski definition) is 3. The van der Waals surface area contributed by atoms with Crippen LogP contribution in [0.3, 0.4) is 0 Å². The number of halogens is 2. The molecule has 24 heavy (non-hydrogen) atoms. The van der Waals surface area contributed by atoms with E-state index in [0.717, 1.165) is 59.3 Å². The van der Waals surface area contributed by atoms with Crippen LogP contribution >= 0.6 is 27.5 Å². The van der Waals surface area contributed by atoms with Gasteiger partial charge in [0.05, 0.1) is 0 Å². The molecule has 0 spiro atoms. The fourth-order valence-electron chi connectivity index (χ4n) is 2.67. The Morgan fingerprint density at radius 2 is 2.00 bits per heavy atom. The van der Waals surface area contributed by atoms with Gasteiger partial charge in [-0.1, -0.05) is 51.8 Å². The highest BCUT2D eigenvalue weighted by Crippen LogP contribution is 2.25. The first kappa shape index (κ1) is 17.7. The standard InChI is InChI=1S/C19H22BrClN2O/c20-18-9-17(21)6-5-16(18)13-24-19-4-2-1-3-15(19)7-8-22-10-14-11-23-12-14/h1-6,9,14,22-23H,7-8,10-13H2. The highest BCUT2D eigenvalue weighted by molar-refractivity contribution is 9.10. The van der Waals surface area contributed by atoms with Gasteiger partial charge in [-0.3, -0.25) is 0 Å². The molecule has 128 valence electrons. The SMILES string of the molecule is Clc1ccc(COc2ccccc2CCNCC2CNC2)c(Br)c1. The van der Waals surface area contributed by atoms with Crippen LogP contribution in [0.2, 0.25) is 5.02 Å². The third-order valence-corrected chi connectivity index (χ3v) is 5.21. The molecule has 5 heteroatoms. The van der Waals surface area contributed by atoms with Crippen LogP contribution in [-0.2, 0) is 13.0 Å². The van der Waals surface area contributed by atoms with Crippen molar-refractivity contribution in [3.63, 3.8) is 0 Å². The van der Waals surface area contributed by atoms with Crippen molar-refractivity contribution in [3.8, 4) is 5.75 Å². The van der Waals surface area contributed by atoms with Crippen LogP contribution in [-0.4, -0.2) is 26.2 Å². The molecule has 0 amide bonds. The Hall–Kier alpha value is -1.07. The van der Waals surface area contributed by atoms with Crippen molar-refractivity contribution < 1.29 is 4.74 Å². The summed E-state index contributed by atoms with van der Waals surface area (Å²) < 4.78 is 7.02. The molecular weight excluding hydrogens is 388 g/mol. The second kappa shape index (κ2) is 8.86. The molecule has 0 aliphatic carbocycles. The zero-order valence-electron chi connectivity index (χ0n) is 13.5. The minimum atomic E-state index is 0.524. The van der Waals surface area contributed by atoms with E-state index >= 15 is 0 Å². The molecule has 0 atom stereocenters. The largest absolute Gasteiger partial charge is 0.489 e. The van der Waals surface area contributed by atoms with E-state index in [1.54, 1.807) is 0 Å². The third-order valence-electron chi connectivity index (χ3n) is 4.24. The van der Waals surface area contributed by atoms with Crippen molar-refractivity contribution in [1.82, 2.24) is 10.6 Å². The van der Waals surface area contributed by atoms with E-state index in [0.29, 0.717) is 6.61 Å². The molecule has 2 aromatic carbocycles. The summed E-state index contributed by atoms with van der Waals surface area (Å²) in [7, 11) is 0. The van der Waals surface area contributed by atoms with Gasteiger partial charge in [0, 0.05) is 34.7 Å². The molecule has 3 rings (SSSR count). The number of nitrogens with one attached hydrogen (secondary N) is 2. The first-order valence-corrected chi connectivity index (χ1v) is 9.45. The van der Waals surface area contributed by atoms with Crippen molar-refractivity contribution in [2.75, 3.05) is 26.2 Å². The predicted octanol–water partition coefficient (Wildman–Crippen LogP) is 4.03. The molecule has 1 saturated heterocycles. The lowest BCUT2D eigenvalue weighted by atomic mass is 10.0. The quantitative estimate of drug-likeness (QED) is 0.646. The molecule has 2 N–H and O–H groups in total. The molecule has 2 aromatic rings. The molecule has 0 aromatic heterocycles. The third kappa shape index (κ3) is 4.96. The summed E-state index contributed by atoms with van der Waals surface area (Å²) in [5.41, 5.74) is 2.33. The number of para-hydroxylation sites is 1. The normalized spacial score (nSPS) is 14.4. The molecule has 0 unspecified atom stereocenters. The summed E-state index contributed by atoms with van der Waals surface area (Å²) in [6.45, 7) is 4.87. The molecule has 0 radical (unpaired) electrons. The van der Waals surface area contributed by atoms with E-state index in [4.69, 9.17) is 16.3 Å². The van der Waals surface area contributed by atoms with E-state index < -0.39 is 0 Å². The van der Waals surface area contributed by atoms with Crippen LogP contribution in [0.15, 0.2) is 46.9 Å². The van der Waals surface area contributed by atoms with Gasteiger partial charge in [-0.25, -0.2) is 0 Å². The first-order chi connectivity index (χ1) is 11.7. The Morgan fingerprint density at radius 1 is 1.17 bits per heavy atom. The molecule has 3 nitrogen and oxygen atoms in total. The van der Waals surface area contributed by atoms with Crippen molar-refractivity contribution in [3.05, 3.63) is 63.1 Å². The Morgan fingerprint density at radius 3 is 2.75 bits per heavy atom. The fourth-order valence-corrected chi connectivity index (χ4v) is 3.46. The van der Waals surface area contributed by atoms with Crippen LogP contribution in [0.4, 0.5) is 0 Å². The van der Waals surface area contributed by atoms with E-state index in [1.807, 2.05) is 30.3 Å². The minimum absolute atomic E-state index is 0.524. The van der Waals surface area contributed by atoms with E-state index in [2.05, 4.69) is 38.7 Å². The van der Waals surface area contributed by atoms with Crippen LogP contribution in [0.1, 0.15) is 11.1 Å². The van der Waals surface area contributed by atoms with Crippen molar-refractivity contribution >= 4 is 27.5 Å². The Kier molecular flexibility index (Phi) is 6.55. The maximum absolute atomic E-state index is 6.04. The van der Waals surface area contributed by atoms with Gasteiger partial charge in [-0.15, -0.1) is 0 Å². The van der Waals surface area contributed by atoms with Crippen LogP contribution < -0.4 is 15.4 Å². The average Bonchev–Trinajstić information content (AvgIpc) is 2.53. The van der Waals surface area contributed by atoms with Crippen molar-refractivity contribution in [2.24, 2.45) is 5.92 Å². The monoisotopic (exact) mass is 408 g/mol. The maximum Gasteiger partial charge on any atom is 0.123 e. The highest BCUT2D eigenvalue weighted by Gasteiger charge is 2.15. The average molecular weight is 410 g/mol. The highest BCUT2D eigenvalue weighted by atomic mass is 79.9. The Labute approximate surface area is 156 Å². The van der Waals surface area contributed by atoms with Gasteiger partial charge in [-0.05, 0) is 42.6 Å². The van der Waals surface area contributed by atoms with E-state index in [1.165, 1.54) is 5.56 Å². The molecule has 1 heterocycles. The molecule has 0 bridgehead atoms. The predicted molar refractivity (Wildman–Crippen MR) is 103 cm³/mol. The zero-order chi connectivity index (χ0) is 16.8. The molecule has 1 fully saturated rings. The number of ether oxygens (including phenoxy) is 1. The molecule has 0 saturated carbocycles. The van der Waals surface area contributed by atoms with Crippen molar-refractivity contribution in [1.29, 1.82) is 0 Å². The van der Waals surface area contributed by atoms with Gasteiger partial charge < -0.3 is 15.4 Å². The van der Waals surface area contributed by atoms with Crippen molar-refractivity contribution in [2.45, 2.75) is 13.0 Å². The summed E-state index contributed by atoms with van der Waals surface area (Å²) in [6, 6.07) is 14.0. The molecule has 1 aliphatic heterocycles. The summed E-state index contributed by atoms with van der Waals surface area (Å²) >= 11 is 9.52. The Balaban J connectivity index is 1.53. The Bertz CT molecular complexity index is 676.